The van der Waals surface area contributed by atoms with Crippen molar-refractivity contribution in [1.82, 2.24) is 10.6 Å². The average molecular weight is 336 g/mol. The molecule has 2 saturated heterocycles. The molecule has 2 aliphatic heterocycles. The smallest absolute Gasteiger partial charge is 0.249 e. The molecule has 8 heteroatoms. The molecule has 7 nitrogen and oxygen atoms in total. The molecule has 130 valence electrons. The third kappa shape index (κ3) is 3.28. The zero-order chi connectivity index (χ0) is 17.1. The van der Waals surface area contributed by atoms with Crippen molar-refractivity contribution in [2.24, 2.45) is 0 Å². The van der Waals surface area contributed by atoms with E-state index in [1.54, 1.807) is 12.1 Å². The number of halogens is 1. The van der Waals surface area contributed by atoms with E-state index in [9.17, 15) is 14.0 Å². The molecule has 1 aromatic rings. The summed E-state index contributed by atoms with van der Waals surface area (Å²) < 4.78 is 20.1. The van der Waals surface area contributed by atoms with Crippen molar-refractivity contribution in [3.8, 4) is 5.75 Å². The number of piperazine rings is 1. The molecular formula is C16H21FN4O3. The fourth-order valence-electron chi connectivity index (χ4n) is 3.03. The van der Waals surface area contributed by atoms with Gasteiger partial charge in [0.25, 0.3) is 0 Å². The first-order valence-electron chi connectivity index (χ1n) is 8.02. The highest BCUT2D eigenvalue weighted by atomic mass is 19.1. The summed E-state index contributed by atoms with van der Waals surface area (Å²) in [5, 5.41) is 8.38. The molecule has 3 N–H and O–H groups in total. The highest BCUT2D eigenvalue weighted by molar-refractivity contribution is 6.01. The van der Waals surface area contributed by atoms with E-state index in [-0.39, 0.29) is 23.8 Å². The second-order valence-corrected chi connectivity index (χ2v) is 5.86. The number of benzene rings is 1. The number of rotatable bonds is 4. The van der Waals surface area contributed by atoms with Crippen LogP contribution in [0.5, 0.6) is 5.75 Å². The SMILES string of the molecule is COc1c(N2CCNCC2)ccc(NC2CCC(=O)NC2=O)c1F. The van der Waals surface area contributed by atoms with Crippen molar-refractivity contribution >= 4 is 23.2 Å². The number of methoxy groups -OCH3 is 1. The van der Waals surface area contributed by atoms with Gasteiger partial charge in [-0.05, 0) is 18.6 Å². The molecule has 0 aromatic heterocycles. The predicted octanol–water partition coefficient (Wildman–Crippen LogP) is 0.461. The standard InChI is InChI=1S/C16H21FN4O3/c1-24-15-12(21-8-6-18-7-9-21)4-2-10(14(15)17)19-11-3-5-13(22)20-16(11)23/h2,4,11,18-19H,3,5-9H2,1H3,(H,20,22,23). The Hall–Kier alpha value is -2.35. The van der Waals surface area contributed by atoms with E-state index in [1.165, 1.54) is 7.11 Å². The number of ether oxygens (including phenoxy) is 1. The second-order valence-electron chi connectivity index (χ2n) is 5.86. The van der Waals surface area contributed by atoms with Crippen LogP contribution in [0.3, 0.4) is 0 Å². The molecule has 0 bridgehead atoms. The number of carbonyl (C=O) groups is 2. The van der Waals surface area contributed by atoms with Crippen LogP contribution < -0.4 is 25.6 Å². The molecule has 0 radical (unpaired) electrons. The van der Waals surface area contributed by atoms with Crippen LogP contribution in [0, 0.1) is 5.82 Å². The number of imide groups is 1. The van der Waals surface area contributed by atoms with Gasteiger partial charge < -0.3 is 20.3 Å². The fraction of sp³-hybridized carbons (Fsp3) is 0.500. The monoisotopic (exact) mass is 336 g/mol. The zero-order valence-corrected chi connectivity index (χ0v) is 13.5. The van der Waals surface area contributed by atoms with Crippen LogP contribution in [0.15, 0.2) is 12.1 Å². The highest BCUT2D eigenvalue weighted by Gasteiger charge is 2.28. The van der Waals surface area contributed by atoms with Gasteiger partial charge in [0.15, 0.2) is 11.6 Å². The van der Waals surface area contributed by atoms with Gasteiger partial charge in [-0.1, -0.05) is 0 Å². The first kappa shape index (κ1) is 16.5. The van der Waals surface area contributed by atoms with Crippen molar-refractivity contribution in [2.45, 2.75) is 18.9 Å². The Kier molecular flexibility index (Phi) is 4.84. The van der Waals surface area contributed by atoms with Crippen molar-refractivity contribution < 1.29 is 18.7 Å². The Morgan fingerprint density at radius 2 is 2.04 bits per heavy atom. The van der Waals surface area contributed by atoms with E-state index in [0.29, 0.717) is 12.1 Å². The van der Waals surface area contributed by atoms with Gasteiger partial charge in [-0.15, -0.1) is 0 Å². The lowest BCUT2D eigenvalue weighted by Crippen LogP contribution is -2.47. The lowest BCUT2D eigenvalue weighted by Gasteiger charge is -2.31. The van der Waals surface area contributed by atoms with Crippen LogP contribution in [-0.2, 0) is 9.59 Å². The number of hydrogen-bond donors (Lipinski definition) is 3. The van der Waals surface area contributed by atoms with Gasteiger partial charge >= 0.3 is 0 Å². The Bertz CT molecular complexity index is 646. The average Bonchev–Trinajstić information content (AvgIpc) is 2.59. The molecular weight excluding hydrogens is 315 g/mol. The number of anilines is 2. The normalized spacial score (nSPS) is 21.4. The molecule has 2 fully saturated rings. The third-order valence-electron chi connectivity index (χ3n) is 4.31. The van der Waals surface area contributed by atoms with Gasteiger partial charge in [-0.25, -0.2) is 4.39 Å². The number of nitrogens with one attached hydrogen (secondary N) is 3. The van der Waals surface area contributed by atoms with Gasteiger partial charge in [0.1, 0.15) is 6.04 Å². The van der Waals surface area contributed by atoms with E-state index in [1.807, 2.05) is 0 Å². The topological polar surface area (TPSA) is 82.7 Å². The van der Waals surface area contributed by atoms with Crippen LogP contribution in [0.2, 0.25) is 0 Å². The summed E-state index contributed by atoms with van der Waals surface area (Å²) in [6.45, 7) is 3.22. The molecule has 0 saturated carbocycles. The third-order valence-corrected chi connectivity index (χ3v) is 4.31. The minimum atomic E-state index is -0.632. The Balaban J connectivity index is 1.82. The van der Waals surface area contributed by atoms with Crippen molar-refractivity contribution in [1.29, 1.82) is 0 Å². The summed E-state index contributed by atoms with van der Waals surface area (Å²) in [7, 11) is 1.43. The van der Waals surface area contributed by atoms with Crippen molar-refractivity contribution in [3.63, 3.8) is 0 Å². The number of nitrogens with zero attached hydrogens (tertiary/aromatic N) is 1. The van der Waals surface area contributed by atoms with Crippen LogP contribution in [0.25, 0.3) is 0 Å². The second kappa shape index (κ2) is 7.04. The van der Waals surface area contributed by atoms with E-state index in [4.69, 9.17) is 4.74 Å². The van der Waals surface area contributed by atoms with Crippen LogP contribution in [0.1, 0.15) is 12.8 Å². The molecule has 1 atom stereocenters. The Morgan fingerprint density at radius 3 is 2.71 bits per heavy atom. The van der Waals surface area contributed by atoms with Gasteiger partial charge in [-0.3, -0.25) is 14.9 Å². The van der Waals surface area contributed by atoms with Gasteiger partial charge in [0, 0.05) is 32.6 Å². The van der Waals surface area contributed by atoms with Gasteiger partial charge in [-0.2, -0.15) is 0 Å². The van der Waals surface area contributed by atoms with Crippen LogP contribution in [0.4, 0.5) is 15.8 Å². The largest absolute Gasteiger partial charge is 0.492 e. The minimum absolute atomic E-state index is 0.161. The molecule has 3 rings (SSSR count). The number of hydrogen-bond acceptors (Lipinski definition) is 6. The summed E-state index contributed by atoms with van der Waals surface area (Å²) in [4.78, 5) is 25.1. The van der Waals surface area contributed by atoms with Crippen molar-refractivity contribution in [3.05, 3.63) is 17.9 Å². The number of piperidine rings is 1. The molecule has 24 heavy (non-hydrogen) atoms. The van der Waals surface area contributed by atoms with E-state index in [0.717, 1.165) is 26.2 Å². The molecule has 2 amide bonds. The summed E-state index contributed by atoms with van der Waals surface area (Å²) in [5.74, 6) is -1.10. The number of amides is 2. The van der Waals surface area contributed by atoms with E-state index in [2.05, 4.69) is 20.9 Å². The first-order valence-corrected chi connectivity index (χ1v) is 8.02. The van der Waals surface area contributed by atoms with E-state index >= 15 is 0 Å². The molecule has 1 unspecified atom stereocenters. The maximum atomic E-state index is 14.8. The van der Waals surface area contributed by atoms with Gasteiger partial charge in [0.05, 0.1) is 18.5 Å². The van der Waals surface area contributed by atoms with Gasteiger partial charge in [0.2, 0.25) is 11.8 Å². The summed E-state index contributed by atoms with van der Waals surface area (Å²) >= 11 is 0. The van der Waals surface area contributed by atoms with Crippen molar-refractivity contribution in [2.75, 3.05) is 43.5 Å². The van der Waals surface area contributed by atoms with Crippen LogP contribution >= 0.6 is 0 Å². The lowest BCUT2D eigenvalue weighted by atomic mass is 10.1. The zero-order valence-electron chi connectivity index (χ0n) is 13.5. The van der Waals surface area contributed by atoms with E-state index < -0.39 is 17.8 Å². The molecule has 2 heterocycles. The summed E-state index contributed by atoms with van der Waals surface area (Å²) in [6.07, 6.45) is 0.576. The predicted molar refractivity (Wildman–Crippen MR) is 87.8 cm³/mol. The lowest BCUT2D eigenvalue weighted by molar-refractivity contribution is -0.133. The highest BCUT2D eigenvalue weighted by Crippen LogP contribution is 2.36. The molecule has 1 aromatic carbocycles. The minimum Gasteiger partial charge on any atom is -0.492 e. The number of carbonyl (C=O) groups excluding carboxylic acids is 2. The quantitative estimate of drug-likeness (QED) is 0.693. The fourth-order valence-corrected chi connectivity index (χ4v) is 3.03. The summed E-state index contributed by atoms with van der Waals surface area (Å²) in [6, 6.07) is 2.77. The molecule has 2 aliphatic rings. The Labute approximate surface area is 139 Å². The van der Waals surface area contributed by atoms with Crippen LogP contribution in [-0.4, -0.2) is 51.1 Å². The maximum absolute atomic E-state index is 14.8. The summed E-state index contributed by atoms with van der Waals surface area (Å²) in [5.41, 5.74) is 0.894. The molecule has 0 aliphatic carbocycles. The Morgan fingerprint density at radius 1 is 1.29 bits per heavy atom. The molecule has 0 spiro atoms. The first-order chi connectivity index (χ1) is 11.6. The maximum Gasteiger partial charge on any atom is 0.249 e.